The number of rotatable bonds is 3. The molecule has 13 heavy (non-hydrogen) atoms. The van der Waals surface area contributed by atoms with E-state index in [1.807, 2.05) is 0 Å². The normalized spacial score (nSPS) is 30.3. The molecular formula is C8H16BrNO2S. The summed E-state index contributed by atoms with van der Waals surface area (Å²) in [5.74, 6) is 0.170. The summed E-state index contributed by atoms with van der Waals surface area (Å²) < 4.78 is 25.3. The Kier molecular flexibility index (Phi) is 4.19. The third kappa shape index (κ3) is 3.56. The van der Waals surface area contributed by atoms with Gasteiger partial charge in [0.1, 0.15) is 0 Å². The predicted molar refractivity (Wildman–Crippen MR) is 57.6 cm³/mol. The lowest BCUT2D eigenvalue weighted by molar-refractivity contribution is 0.427. The number of halogens is 1. The zero-order valence-corrected chi connectivity index (χ0v) is 10.2. The molecule has 1 aliphatic rings. The van der Waals surface area contributed by atoms with E-state index in [2.05, 4.69) is 20.7 Å². The summed E-state index contributed by atoms with van der Waals surface area (Å²) in [6.45, 7) is 1.66. The highest BCUT2D eigenvalue weighted by molar-refractivity contribution is 9.09. The van der Waals surface area contributed by atoms with Crippen LogP contribution in [0.1, 0.15) is 32.6 Å². The average molecular weight is 270 g/mol. The molecule has 0 saturated heterocycles. The minimum Gasteiger partial charge on any atom is -0.212 e. The fourth-order valence-electron chi connectivity index (χ4n) is 1.53. The Morgan fingerprint density at radius 3 is 2.54 bits per heavy atom. The fraction of sp³-hybridized carbons (Fsp3) is 1.00. The third-order valence-electron chi connectivity index (χ3n) is 2.39. The second-order valence-corrected chi connectivity index (χ2v) is 6.65. The summed E-state index contributed by atoms with van der Waals surface area (Å²) in [6.07, 6.45) is 4.34. The van der Waals surface area contributed by atoms with Crippen molar-refractivity contribution in [1.29, 1.82) is 0 Å². The summed E-state index contributed by atoms with van der Waals surface area (Å²) >= 11 is 3.51. The lowest BCUT2D eigenvalue weighted by Crippen LogP contribution is -2.43. The van der Waals surface area contributed by atoms with Crippen LogP contribution < -0.4 is 4.72 Å². The van der Waals surface area contributed by atoms with Gasteiger partial charge in [-0.25, -0.2) is 13.1 Å². The molecule has 1 saturated carbocycles. The molecule has 0 aromatic rings. The Hall–Kier alpha value is 0.390. The Balaban J connectivity index is 2.52. The molecule has 0 aromatic carbocycles. The summed E-state index contributed by atoms with van der Waals surface area (Å²) in [5, 5.41) is 0. The highest BCUT2D eigenvalue weighted by atomic mass is 79.9. The minimum absolute atomic E-state index is 0.0960. The monoisotopic (exact) mass is 269 g/mol. The first-order chi connectivity index (χ1) is 6.05. The van der Waals surface area contributed by atoms with Gasteiger partial charge in [0, 0.05) is 10.9 Å². The molecule has 0 aromatic heterocycles. The first-order valence-corrected chi connectivity index (χ1v) is 7.26. The molecule has 78 valence electrons. The van der Waals surface area contributed by atoms with E-state index >= 15 is 0 Å². The van der Waals surface area contributed by atoms with Crippen LogP contribution in [0.15, 0.2) is 0 Å². The number of hydrogen-bond acceptors (Lipinski definition) is 2. The van der Waals surface area contributed by atoms with Crippen molar-refractivity contribution in [2.75, 3.05) is 5.75 Å². The summed E-state index contributed by atoms with van der Waals surface area (Å²) in [7, 11) is -3.03. The Labute approximate surface area is 88.5 Å². The Bertz CT molecular complexity index is 253. The molecule has 0 amide bonds. The SMILES string of the molecule is CCS(=O)(=O)NC1CCCCC1Br. The molecule has 2 unspecified atom stereocenters. The van der Waals surface area contributed by atoms with Crippen LogP contribution in [0.4, 0.5) is 0 Å². The molecule has 1 aliphatic carbocycles. The van der Waals surface area contributed by atoms with Crippen LogP contribution in [0.5, 0.6) is 0 Å². The van der Waals surface area contributed by atoms with E-state index in [9.17, 15) is 8.42 Å². The van der Waals surface area contributed by atoms with Crippen LogP contribution in [0.3, 0.4) is 0 Å². The topological polar surface area (TPSA) is 46.2 Å². The quantitative estimate of drug-likeness (QED) is 0.792. The molecule has 1 rings (SSSR count). The molecule has 0 spiro atoms. The van der Waals surface area contributed by atoms with Gasteiger partial charge in [0.15, 0.2) is 0 Å². The van der Waals surface area contributed by atoms with Crippen LogP contribution in [0.2, 0.25) is 0 Å². The van der Waals surface area contributed by atoms with Crippen LogP contribution in [-0.2, 0) is 10.0 Å². The van der Waals surface area contributed by atoms with E-state index in [1.165, 1.54) is 6.42 Å². The van der Waals surface area contributed by atoms with Gasteiger partial charge in [-0.05, 0) is 19.8 Å². The summed E-state index contributed by atoms with van der Waals surface area (Å²) in [4.78, 5) is 0.308. The molecular weight excluding hydrogens is 254 g/mol. The van der Waals surface area contributed by atoms with Crippen molar-refractivity contribution in [3.05, 3.63) is 0 Å². The van der Waals surface area contributed by atoms with Gasteiger partial charge in [-0.3, -0.25) is 0 Å². The van der Waals surface area contributed by atoms with Crippen LogP contribution in [-0.4, -0.2) is 25.0 Å². The molecule has 0 bridgehead atoms. The van der Waals surface area contributed by atoms with E-state index < -0.39 is 10.0 Å². The van der Waals surface area contributed by atoms with Gasteiger partial charge in [-0.15, -0.1) is 0 Å². The number of nitrogens with one attached hydrogen (secondary N) is 1. The van der Waals surface area contributed by atoms with Gasteiger partial charge in [-0.1, -0.05) is 28.8 Å². The van der Waals surface area contributed by atoms with Crippen molar-refractivity contribution >= 4 is 26.0 Å². The molecule has 2 atom stereocenters. The van der Waals surface area contributed by atoms with Crippen LogP contribution >= 0.6 is 15.9 Å². The maximum atomic E-state index is 11.3. The van der Waals surface area contributed by atoms with E-state index in [1.54, 1.807) is 6.92 Å². The molecule has 0 radical (unpaired) electrons. The van der Waals surface area contributed by atoms with Crippen LogP contribution in [0.25, 0.3) is 0 Å². The van der Waals surface area contributed by atoms with Gasteiger partial charge in [0.05, 0.1) is 5.75 Å². The predicted octanol–water partition coefficient (Wildman–Crippen LogP) is 1.63. The number of sulfonamides is 1. The molecule has 3 nitrogen and oxygen atoms in total. The van der Waals surface area contributed by atoms with Crippen molar-refractivity contribution in [2.45, 2.75) is 43.5 Å². The van der Waals surface area contributed by atoms with Crippen molar-refractivity contribution in [1.82, 2.24) is 4.72 Å². The van der Waals surface area contributed by atoms with E-state index in [0.717, 1.165) is 19.3 Å². The summed E-state index contributed by atoms with van der Waals surface area (Å²) in [6, 6.07) is 0.0960. The van der Waals surface area contributed by atoms with Crippen molar-refractivity contribution < 1.29 is 8.42 Å². The maximum Gasteiger partial charge on any atom is 0.211 e. The lowest BCUT2D eigenvalue weighted by Gasteiger charge is -2.27. The minimum atomic E-state index is -3.03. The van der Waals surface area contributed by atoms with E-state index in [4.69, 9.17) is 0 Å². The number of hydrogen-bond donors (Lipinski definition) is 1. The first kappa shape index (κ1) is 11.5. The van der Waals surface area contributed by atoms with Gasteiger partial charge in [-0.2, -0.15) is 0 Å². The lowest BCUT2D eigenvalue weighted by atomic mass is 9.96. The number of alkyl halides is 1. The molecule has 0 heterocycles. The van der Waals surface area contributed by atoms with Gasteiger partial charge in [0.25, 0.3) is 0 Å². The second kappa shape index (κ2) is 4.75. The van der Waals surface area contributed by atoms with Gasteiger partial charge >= 0.3 is 0 Å². The molecule has 5 heteroatoms. The zero-order valence-electron chi connectivity index (χ0n) is 7.79. The highest BCUT2D eigenvalue weighted by Gasteiger charge is 2.25. The van der Waals surface area contributed by atoms with Gasteiger partial charge < -0.3 is 0 Å². The maximum absolute atomic E-state index is 11.3. The Morgan fingerprint density at radius 1 is 1.38 bits per heavy atom. The molecule has 1 fully saturated rings. The van der Waals surface area contributed by atoms with E-state index in [-0.39, 0.29) is 11.8 Å². The van der Waals surface area contributed by atoms with Crippen molar-refractivity contribution in [2.24, 2.45) is 0 Å². The highest BCUT2D eigenvalue weighted by Crippen LogP contribution is 2.24. The molecule has 1 N–H and O–H groups in total. The third-order valence-corrected chi connectivity index (χ3v) is 4.91. The Morgan fingerprint density at radius 2 is 2.00 bits per heavy atom. The second-order valence-electron chi connectivity index (χ2n) is 3.43. The van der Waals surface area contributed by atoms with Crippen molar-refractivity contribution in [3.8, 4) is 0 Å². The fourth-order valence-corrected chi connectivity index (χ4v) is 3.34. The standard InChI is InChI=1S/C8H16BrNO2S/c1-2-13(11,12)10-8-6-4-3-5-7(8)9/h7-8,10H,2-6H2,1H3. The smallest absolute Gasteiger partial charge is 0.211 e. The average Bonchev–Trinajstić information content (AvgIpc) is 2.09. The largest absolute Gasteiger partial charge is 0.212 e. The zero-order chi connectivity index (χ0) is 9.90. The summed E-state index contributed by atoms with van der Waals surface area (Å²) in [5.41, 5.74) is 0. The van der Waals surface area contributed by atoms with Crippen LogP contribution in [0, 0.1) is 0 Å². The van der Waals surface area contributed by atoms with Crippen molar-refractivity contribution in [3.63, 3.8) is 0 Å². The first-order valence-electron chi connectivity index (χ1n) is 4.69. The molecule has 0 aliphatic heterocycles. The van der Waals surface area contributed by atoms with E-state index in [0.29, 0.717) is 4.83 Å². The van der Waals surface area contributed by atoms with Gasteiger partial charge in [0.2, 0.25) is 10.0 Å².